The van der Waals surface area contributed by atoms with Crippen molar-refractivity contribution in [2.24, 2.45) is 10.7 Å². The minimum atomic E-state index is -0.413. The molecule has 4 N–H and O–H groups in total. The van der Waals surface area contributed by atoms with Gasteiger partial charge in [-0.3, -0.25) is 0 Å². The minimum absolute atomic E-state index is 0.0103. The van der Waals surface area contributed by atoms with Gasteiger partial charge < -0.3 is 23.8 Å². The first kappa shape index (κ1) is 21.8. The number of pyridine rings is 1. The smallest absolute Gasteiger partial charge is 0.348 e. The van der Waals surface area contributed by atoms with E-state index in [1.54, 1.807) is 18.3 Å². The Bertz CT molecular complexity index is 910. The Hall–Kier alpha value is -1.92. The van der Waals surface area contributed by atoms with Gasteiger partial charge in [-0.1, -0.05) is 0 Å². The van der Waals surface area contributed by atoms with Crippen molar-refractivity contribution in [2.75, 3.05) is 10.6 Å². The second-order valence-electron chi connectivity index (χ2n) is 6.72. The molecule has 1 aliphatic carbocycles. The third-order valence-electron chi connectivity index (χ3n) is 4.77. The van der Waals surface area contributed by atoms with Crippen LogP contribution < -0.4 is 14.0 Å². The highest BCUT2D eigenvalue weighted by Gasteiger charge is 2.24. The highest BCUT2D eigenvalue weighted by Crippen LogP contribution is 2.36. The standard InChI is InChI=1S/C19H23IN4O4S/c1-10-14(18(24-20)29-15(10)19(26)27-2)16(21)23-13-4-3-9-22-17(13)28-12-7-5-11(25)6-8-12/h3-4,9,11-12,24-25H,5-8H2,1-2H3,(H2,21,23). The summed E-state index contributed by atoms with van der Waals surface area (Å²) in [6, 6.07) is 3.55. The molecule has 2 heterocycles. The Kier molecular flexibility index (Phi) is 7.30. The largest absolute Gasteiger partial charge is 0.473 e. The molecule has 3 rings (SSSR count). The topological polar surface area (TPSA) is 119 Å². The van der Waals surface area contributed by atoms with E-state index in [-0.39, 0.29) is 18.0 Å². The zero-order chi connectivity index (χ0) is 21.0. The van der Waals surface area contributed by atoms with Gasteiger partial charge in [-0.15, -0.1) is 11.3 Å². The zero-order valence-electron chi connectivity index (χ0n) is 16.1. The van der Waals surface area contributed by atoms with Crippen LogP contribution in [0.25, 0.3) is 0 Å². The van der Waals surface area contributed by atoms with Gasteiger partial charge in [-0.25, -0.2) is 14.8 Å². The van der Waals surface area contributed by atoms with E-state index in [0.717, 1.165) is 17.8 Å². The first-order valence-electron chi connectivity index (χ1n) is 9.17. The van der Waals surface area contributed by atoms with Crippen molar-refractivity contribution in [3.8, 4) is 5.88 Å². The number of nitrogens with one attached hydrogen (secondary N) is 1. The molecule has 10 heteroatoms. The number of anilines is 1. The molecule has 1 aliphatic rings. The highest BCUT2D eigenvalue weighted by molar-refractivity contribution is 14.1. The summed E-state index contributed by atoms with van der Waals surface area (Å²) in [6.07, 6.45) is 4.35. The quantitative estimate of drug-likeness (QED) is 0.171. The van der Waals surface area contributed by atoms with E-state index in [9.17, 15) is 9.90 Å². The van der Waals surface area contributed by atoms with Crippen molar-refractivity contribution in [3.05, 3.63) is 34.3 Å². The molecule has 156 valence electrons. The zero-order valence-corrected chi connectivity index (χ0v) is 19.1. The Labute approximate surface area is 187 Å². The van der Waals surface area contributed by atoms with E-state index in [1.165, 1.54) is 18.4 Å². The number of hydrogen-bond acceptors (Lipinski definition) is 8. The molecule has 0 amide bonds. The molecule has 0 atom stereocenters. The molecule has 1 saturated carbocycles. The van der Waals surface area contributed by atoms with Gasteiger partial charge in [0.05, 0.1) is 41.6 Å². The van der Waals surface area contributed by atoms with Crippen LogP contribution in [0.5, 0.6) is 5.88 Å². The number of thiophene rings is 1. The van der Waals surface area contributed by atoms with Gasteiger partial charge in [0, 0.05) is 6.20 Å². The minimum Gasteiger partial charge on any atom is -0.473 e. The fourth-order valence-corrected chi connectivity index (χ4v) is 4.86. The fourth-order valence-electron chi connectivity index (χ4n) is 3.24. The summed E-state index contributed by atoms with van der Waals surface area (Å²) in [6.45, 7) is 1.81. The van der Waals surface area contributed by atoms with Crippen LogP contribution in [0.15, 0.2) is 23.3 Å². The van der Waals surface area contributed by atoms with Crippen molar-refractivity contribution < 1.29 is 19.4 Å². The molecule has 0 radical (unpaired) electrons. The molecule has 0 aliphatic heterocycles. The third kappa shape index (κ3) is 4.98. The predicted octanol–water partition coefficient (Wildman–Crippen LogP) is 3.72. The first-order valence-corrected chi connectivity index (χ1v) is 11.1. The van der Waals surface area contributed by atoms with Gasteiger partial charge >= 0.3 is 5.97 Å². The molecule has 0 unspecified atom stereocenters. The molecular weight excluding hydrogens is 507 g/mol. The lowest BCUT2D eigenvalue weighted by Crippen LogP contribution is -2.26. The number of aromatic nitrogens is 1. The molecule has 2 aromatic heterocycles. The highest BCUT2D eigenvalue weighted by atomic mass is 127. The molecule has 0 saturated heterocycles. The van der Waals surface area contributed by atoms with Gasteiger partial charge in [0.2, 0.25) is 5.88 Å². The van der Waals surface area contributed by atoms with Gasteiger partial charge in [0.25, 0.3) is 0 Å². The molecule has 0 bridgehead atoms. The summed E-state index contributed by atoms with van der Waals surface area (Å²) >= 11 is 3.26. The number of rotatable bonds is 6. The fraction of sp³-hybridized carbons (Fsp3) is 0.421. The number of nitrogens with zero attached hydrogens (tertiary/aromatic N) is 2. The van der Waals surface area contributed by atoms with Crippen LogP contribution >= 0.6 is 34.2 Å². The maximum absolute atomic E-state index is 12.0. The predicted molar refractivity (Wildman–Crippen MR) is 122 cm³/mol. The number of carbonyl (C=O) groups excluding carboxylic acids is 1. The van der Waals surface area contributed by atoms with E-state index in [4.69, 9.17) is 15.2 Å². The van der Waals surface area contributed by atoms with Crippen LogP contribution in [0.3, 0.4) is 0 Å². The first-order chi connectivity index (χ1) is 13.9. The number of nitrogens with two attached hydrogens (primary N) is 1. The van der Waals surface area contributed by atoms with E-state index in [0.29, 0.717) is 40.4 Å². The second kappa shape index (κ2) is 9.72. The van der Waals surface area contributed by atoms with E-state index < -0.39 is 5.97 Å². The Morgan fingerprint density at radius 2 is 2.14 bits per heavy atom. The molecule has 2 aromatic rings. The summed E-state index contributed by atoms with van der Waals surface area (Å²) in [7, 11) is 1.35. The maximum atomic E-state index is 12.0. The summed E-state index contributed by atoms with van der Waals surface area (Å²) < 4.78 is 13.9. The Morgan fingerprint density at radius 1 is 1.41 bits per heavy atom. The monoisotopic (exact) mass is 530 g/mol. The van der Waals surface area contributed by atoms with Crippen LogP contribution in [-0.2, 0) is 4.74 Å². The number of aliphatic hydroxyl groups is 1. The molecule has 0 spiro atoms. The number of amidine groups is 1. The SMILES string of the molecule is COC(=O)c1sc(NI)c(C(N)=Nc2cccnc2OC2CCC(O)CC2)c1C. The molecule has 8 nitrogen and oxygen atoms in total. The van der Waals surface area contributed by atoms with Crippen molar-refractivity contribution in [1.29, 1.82) is 0 Å². The van der Waals surface area contributed by atoms with Crippen LogP contribution in [0.2, 0.25) is 0 Å². The average molecular weight is 530 g/mol. The summed E-state index contributed by atoms with van der Waals surface area (Å²) in [4.78, 5) is 21.4. The van der Waals surface area contributed by atoms with Crippen LogP contribution in [0, 0.1) is 6.92 Å². The number of aliphatic imine (C=N–C) groups is 1. The number of halogens is 1. The molecule has 1 fully saturated rings. The number of methoxy groups -OCH3 is 1. The van der Waals surface area contributed by atoms with Gasteiger partial charge in [0.1, 0.15) is 27.5 Å². The van der Waals surface area contributed by atoms with E-state index in [1.807, 2.05) is 29.8 Å². The lowest BCUT2D eigenvalue weighted by molar-refractivity contribution is 0.0605. The van der Waals surface area contributed by atoms with Crippen LogP contribution in [0.4, 0.5) is 10.7 Å². The van der Waals surface area contributed by atoms with Crippen molar-refractivity contribution in [2.45, 2.75) is 44.8 Å². The lowest BCUT2D eigenvalue weighted by atomic mass is 9.95. The number of esters is 1. The molecule has 0 aromatic carbocycles. The number of carbonyl (C=O) groups is 1. The number of aliphatic hydroxyl groups excluding tert-OH is 1. The van der Waals surface area contributed by atoms with Gasteiger partial charge in [-0.2, -0.15) is 0 Å². The van der Waals surface area contributed by atoms with E-state index in [2.05, 4.69) is 13.5 Å². The summed E-state index contributed by atoms with van der Waals surface area (Å²) in [5.74, 6) is 0.246. The Balaban J connectivity index is 1.91. The molecular formula is C19H23IN4O4S. The number of hydrogen-bond donors (Lipinski definition) is 3. The van der Waals surface area contributed by atoms with Crippen LogP contribution in [-0.4, -0.2) is 41.2 Å². The molecule has 29 heavy (non-hydrogen) atoms. The maximum Gasteiger partial charge on any atom is 0.348 e. The van der Waals surface area contributed by atoms with Crippen LogP contribution in [0.1, 0.15) is 46.5 Å². The lowest BCUT2D eigenvalue weighted by Gasteiger charge is -2.26. The normalized spacial score (nSPS) is 19.7. The summed E-state index contributed by atoms with van der Waals surface area (Å²) in [5, 5.41) is 10.4. The van der Waals surface area contributed by atoms with Crippen molar-refractivity contribution in [1.82, 2.24) is 4.98 Å². The van der Waals surface area contributed by atoms with Crippen molar-refractivity contribution >= 4 is 56.7 Å². The summed E-state index contributed by atoms with van der Waals surface area (Å²) in [5.41, 5.74) is 8.20. The van der Waals surface area contributed by atoms with Crippen molar-refractivity contribution in [3.63, 3.8) is 0 Å². The average Bonchev–Trinajstić information content (AvgIpc) is 3.07. The Morgan fingerprint density at radius 3 is 2.79 bits per heavy atom. The van der Waals surface area contributed by atoms with Gasteiger partial charge in [-0.05, 0) is 50.3 Å². The number of ether oxygens (including phenoxy) is 2. The second-order valence-corrected chi connectivity index (χ2v) is 8.28. The third-order valence-corrected chi connectivity index (χ3v) is 6.87. The van der Waals surface area contributed by atoms with E-state index >= 15 is 0 Å². The van der Waals surface area contributed by atoms with Gasteiger partial charge in [0.15, 0.2) is 0 Å².